The van der Waals surface area contributed by atoms with Crippen LogP contribution in [0, 0.1) is 0 Å². The second kappa shape index (κ2) is 8.87. The van der Waals surface area contributed by atoms with Crippen molar-refractivity contribution in [3.63, 3.8) is 0 Å². The number of esters is 3. The van der Waals surface area contributed by atoms with E-state index in [-0.39, 0.29) is 6.61 Å². The Hall–Kier alpha value is -2.06. The summed E-state index contributed by atoms with van der Waals surface area (Å²) in [6.45, 7) is 3.77. The summed E-state index contributed by atoms with van der Waals surface area (Å²) in [5.74, 6) is -1.65. The van der Waals surface area contributed by atoms with Gasteiger partial charge in [-0.1, -0.05) is 30.0 Å². The van der Waals surface area contributed by atoms with E-state index >= 15 is 0 Å². The SMILES string of the molecule is CC(=O)O[C@@H]1[C@H](OC(C)=O)[C@H](Sc2ccccc2)OC[C@H]1OC(C)=O. The van der Waals surface area contributed by atoms with E-state index in [0.29, 0.717) is 0 Å². The lowest BCUT2D eigenvalue weighted by Crippen LogP contribution is -2.56. The zero-order valence-electron chi connectivity index (χ0n) is 14.2. The van der Waals surface area contributed by atoms with Crippen LogP contribution in [0.4, 0.5) is 0 Å². The highest BCUT2D eigenvalue weighted by Gasteiger charge is 2.47. The third-order valence-corrected chi connectivity index (χ3v) is 4.48. The first-order chi connectivity index (χ1) is 11.9. The highest BCUT2D eigenvalue weighted by molar-refractivity contribution is 7.99. The molecule has 0 saturated carbocycles. The number of thioether (sulfide) groups is 1. The molecule has 1 fully saturated rings. The molecule has 1 saturated heterocycles. The zero-order chi connectivity index (χ0) is 18.4. The molecule has 0 N–H and O–H groups in total. The van der Waals surface area contributed by atoms with Crippen LogP contribution in [0.3, 0.4) is 0 Å². The molecule has 0 amide bonds. The Morgan fingerprint density at radius 2 is 1.48 bits per heavy atom. The van der Waals surface area contributed by atoms with Crippen LogP contribution in [-0.2, 0) is 33.3 Å². The van der Waals surface area contributed by atoms with Gasteiger partial charge in [-0.2, -0.15) is 0 Å². The van der Waals surface area contributed by atoms with E-state index in [0.717, 1.165) is 4.90 Å². The van der Waals surface area contributed by atoms with Crippen molar-refractivity contribution in [2.24, 2.45) is 0 Å². The number of hydrogen-bond donors (Lipinski definition) is 0. The summed E-state index contributed by atoms with van der Waals surface area (Å²) in [6.07, 6.45) is -2.71. The summed E-state index contributed by atoms with van der Waals surface area (Å²) in [5.41, 5.74) is -0.609. The Kier molecular flexibility index (Phi) is 6.83. The van der Waals surface area contributed by atoms with Gasteiger partial charge in [0.15, 0.2) is 18.3 Å². The summed E-state index contributed by atoms with van der Waals surface area (Å²) in [6, 6.07) is 9.40. The number of rotatable bonds is 5. The number of benzene rings is 1. The monoisotopic (exact) mass is 368 g/mol. The van der Waals surface area contributed by atoms with Crippen molar-refractivity contribution in [2.75, 3.05) is 6.61 Å². The average molecular weight is 368 g/mol. The average Bonchev–Trinajstić information content (AvgIpc) is 2.52. The summed E-state index contributed by atoms with van der Waals surface area (Å²) in [7, 11) is 0. The molecule has 1 aromatic rings. The molecule has 8 heteroatoms. The summed E-state index contributed by atoms with van der Waals surface area (Å²) in [5, 5.41) is 0. The molecule has 1 aliphatic rings. The summed E-state index contributed by atoms with van der Waals surface area (Å²) >= 11 is 1.34. The third-order valence-electron chi connectivity index (χ3n) is 3.30. The standard InChI is InChI=1S/C17H20O7S/c1-10(18)22-14-9-21-17(25-13-7-5-4-6-8-13)16(24-12(3)20)15(14)23-11(2)19/h4-8,14-17H,9H2,1-3H3/t14-,15+,16+,17+/m1/s1. The molecule has 1 heterocycles. The lowest BCUT2D eigenvalue weighted by atomic mass is 10.1. The fraction of sp³-hybridized carbons (Fsp3) is 0.471. The molecule has 136 valence electrons. The molecule has 7 nitrogen and oxygen atoms in total. The first-order valence-corrected chi connectivity index (χ1v) is 8.59. The van der Waals surface area contributed by atoms with Crippen molar-refractivity contribution < 1.29 is 33.3 Å². The number of carbonyl (C=O) groups is 3. The van der Waals surface area contributed by atoms with Gasteiger partial charge in [0.2, 0.25) is 0 Å². The van der Waals surface area contributed by atoms with E-state index in [1.807, 2.05) is 30.3 Å². The van der Waals surface area contributed by atoms with Crippen molar-refractivity contribution in [3.8, 4) is 0 Å². The molecule has 0 bridgehead atoms. The molecule has 0 unspecified atom stereocenters. The quantitative estimate of drug-likeness (QED) is 0.575. The maximum atomic E-state index is 11.5. The fourth-order valence-electron chi connectivity index (χ4n) is 2.44. The van der Waals surface area contributed by atoms with Crippen LogP contribution in [0.25, 0.3) is 0 Å². The molecular weight excluding hydrogens is 348 g/mol. The largest absolute Gasteiger partial charge is 0.456 e. The van der Waals surface area contributed by atoms with Gasteiger partial charge in [0.25, 0.3) is 0 Å². The second-order valence-corrected chi connectivity index (χ2v) is 6.60. The predicted octanol–water partition coefficient (Wildman–Crippen LogP) is 1.93. The number of ether oxygens (including phenoxy) is 4. The topological polar surface area (TPSA) is 88.1 Å². The van der Waals surface area contributed by atoms with Crippen LogP contribution >= 0.6 is 11.8 Å². The van der Waals surface area contributed by atoms with Gasteiger partial charge in [-0.3, -0.25) is 14.4 Å². The Labute approximate surface area is 150 Å². The van der Waals surface area contributed by atoms with Crippen molar-refractivity contribution in [3.05, 3.63) is 30.3 Å². The second-order valence-electron chi connectivity index (χ2n) is 5.43. The highest BCUT2D eigenvalue weighted by atomic mass is 32.2. The van der Waals surface area contributed by atoms with Gasteiger partial charge in [0, 0.05) is 25.7 Å². The molecule has 0 radical (unpaired) electrons. The van der Waals surface area contributed by atoms with Crippen LogP contribution in [0.1, 0.15) is 20.8 Å². The van der Waals surface area contributed by atoms with Crippen LogP contribution in [0.5, 0.6) is 0 Å². The van der Waals surface area contributed by atoms with Gasteiger partial charge >= 0.3 is 17.9 Å². The van der Waals surface area contributed by atoms with Gasteiger partial charge in [-0.15, -0.1) is 0 Å². The lowest BCUT2D eigenvalue weighted by Gasteiger charge is -2.40. The Bertz CT molecular complexity index is 619. The number of hydrogen-bond acceptors (Lipinski definition) is 8. The van der Waals surface area contributed by atoms with E-state index in [1.165, 1.54) is 32.5 Å². The molecule has 4 atom stereocenters. The molecule has 0 aliphatic carbocycles. The van der Waals surface area contributed by atoms with Crippen molar-refractivity contribution in [1.82, 2.24) is 0 Å². The molecule has 2 rings (SSSR count). The van der Waals surface area contributed by atoms with Gasteiger partial charge < -0.3 is 18.9 Å². The van der Waals surface area contributed by atoms with Crippen molar-refractivity contribution in [1.29, 1.82) is 0 Å². The van der Waals surface area contributed by atoms with E-state index in [9.17, 15) is 14.4 Å². The molecule has 0 aromatic heterocycles. The minimum Gasteiger partial charge on any atom is -0.456 e. The molecule has 1 aliphatic heterocycles. The Balaban J connectivity index is 2.25. The Morgan fingerprint density at radius 1 is 0.920 bits per heavy atom. The van der Waals surface area contributed by atoms with Crippen LogP contribution in [0.15, 0.2) is 35.2 Å². The summed E-state index contributed by atoms with van der Waals surface area (Å²) in [4.78, 5) is 35.2. The van der Waals surface area contributed by atoms with E-state index in [2.05, 4.69) is 0 Å². The molecular formula is C17H20O7S. The summed E-state index contributed by atoms with van der Waals surface area (Å²) < 4.78 is 21.6. The Morgan fingerprint density at radius 3 is 2.04 bits per heavy atom. The van der Waals surface area contributed by atoms with Gasteiger partial charge in [0.05, 0.1) is 6.61 Å². The van der Waals surface area contributed by atoms with Crippen LogP contribution < -0.4 is 0 Å². The van der Waals surface area contributed by atoms with E-state index in [4.69, 9.17) is 18.9 Å². The third kappa shape index (κ3) is 5.75. The molecule has 0 spiro atoms. The first kappa shape index (κ1) is 19.3. The molecule has 25 heavy (non-hydrogen) atoms. The maximum Gasteiger partial charge on any atom is 0.303 e. The van der Waals surface area contributed by atoms with Gasteiger partial charge in [0.1, 0.15) is 5.44 Å². The predicted molar refractivity (Wildman–Crippen MR) is 88.7 cm³/mol. The number of carbonyl (C=O) groups excluding carboxylic acids is 3. The van der Waals surface area contributed by atoms with Crippen LogP contribution in [-0.4, -0.2) is 48.3 Å². The van der Waals surface area contributed by atoms with Gasteiger partial charge in [-0.25, -0.2) is 0 Å². The van der Waals surface area contributed by atoms with E-state index in [1.54, 1.807) is 0 Å². The molecule has 1 aromatic carbocycles. The first-order valence-electron chi connectivity index (χ1n) is 7.71. The van der Waals surface area contributed by atoms with E-state index < -0.39 is 41.7 Å². The highest BCUT2D eigenvalue weighted by Crippen LogP contribution is 2.34. The smallest absolute Gasteiger partial charge is 0.303 e. The van der Waals surface area contributed by atoms with Crippen LogP contribution in [0.2, 0.25) is 0 Å². The van der Waals surface area contributed by atoms with Gasteiger partial charge in [-0.05, 0) is 12.1 Å². The minimum absolute atomic E-state index is 0.0276. The lowest BCUT2D eigenvalue weighted by molar-refractivity contribution is -0.213. The van der Waals surface area contributed by atoms with Crippen molar-refractivity contribution in [2.45, 2.75) is 49.4 Å². The minimum atomic E-state index is -0.944. The fourth-order valence-corrected chi connectivity index (χ4v) is 3.52. The normalized spacial score (nSPS) is 25.7. The zero-order valence-corrected chi connectivity index (χ0v) is 15.0. The maximum absolute atomic E-state index is 11.5. The van der Waals surface area contributed by atoms with Crippen molar-refractivity contribution >= 4 is 29.7 Å².